The topological polar surface area (TPSA) is 69.7 Å². The van der Waals surface area contributed by atoms with Crippen LogP contribution in [0.5, 0.6) is 11.5 Å². The van der Waals surface area contributed by atoms with Crippen molar-refractivity contribution in [1.82, 2.24) is 10.2 Å². The lowest BCUT2D eigenvalue weighted by molar-refractivity contribution is 0.293. The molecule has 1 heterocycles. The third-order valence-electron chi connectivity index (χ3n) is 7.74. The van der Waals surface area contributed by atoms with Gasteiger partial charge in [-0.25, -0.2) is 0 Å². The standard InChI is InChI=1S/C41H31N3O3/c1-42-39(45-28-29-12-14-32(15-13-29)30-8-4-2-5-9-30)34-20-24-37(25-21-34)46-38-26-22-36(23-27-38)41-44-43-40(47-41)35-18-16-33(17-19-35)31-10-6-3-7-11-31/h2-27H,28H2,1H3. The normalized spacial score (nSPS) is 11.3. The van der Waals surface area contributed by atoms with E-state index in [1.54, 1.807) is 7.05 Å². The fourth-order valence-electron chi connectivity index (χ4n) is 5.21. The van der Waals surface area contributed by atoms with E-state index in [9.17, 15) is 0 Å². The van der Waals surface area contributed by atoms with Gasteiger partial charge in [0.2, 0.25) is 17.7 Å². The first-order chi connectivity index (χ1) is 23.2. The zero-order valence-electron chi connectivity index (χ0n) is 25.8. The van der Waals surface area contributed by atoms with Gasteiger partial charge in [-0.05, 0) is 88.5 Å². The van der Waals surface area contributed by atoms with Crippen molar-refractivity contribution in [2.75, 3.05) is 7.05 Å². The Morgan fingerprint density at radius 3 is 1.45 bits per heavy atom. The van der Waals surface area contributed by atoms with Crippen molar-refractivity contribution >= 4 is 5.90 Å². The minimum atomic E-state index is 0.425. The van der Waals surface area contributed by atoms with E-state index in [4.69, 9.17) is 13.9 Å². The van der Waals surface area contributed by atoms with Gasteiger partial charge in [-0.15, -0.1) is 10.2 Å². The SMILES string of the molecule is CN=C(OCc1ccc(-c2ccccc2)cc1)c1ccc(Oc2ccc(-c3nnc(-c4ccc(-c5ccccc5)cc4)o3)cc2)cc1. The Hall–Kier alpha value is -6.27. The summed E-state index contributed by atoms with van der Waals surface area (Å²) in [7, 11) is 1.73. The first kappa shape index (κ1) is 29.4. The van der Waals surface area contributed by atoms with Crippen LogP contribution in [0.1, 0.15) is 11.1 Å². The summed E-state index contributed by atoms with van der Waals surface area (Å²) >= 11 is 0. The van der Waals surface area contributed by atoms with Gasteiger partial charge in [0.15, 0.2) is 0 Å². The second-order valence-electron chi connectivity index (χ2n) is 10.9. The molecule has 0 radical (unpaired) electrons. The molecule has 1 aromatic heterocycles. The van der Waals surface area contributed by atoms with E-state index in [-0.39, 0.29) is 0 Å². The fourth-order valence-corrected chi connectivity index (χ4v) is 5.21. The lowest BCUT2D eigenvalue weighted by atomic mass is 10.0. The minimum Gasteiger partial charge on any atom is -0.473 e. The van der Waals surface area contributed by atoms with Crippen molar-refractivity contribution < 1.29 is 13.9 Å². The average Bonchev–Trinajstić information content (AvgIpc) is 3.64. The maximum atomic E-state index is 6.09. The third kappa shape index (κ3) is 7.02. The summed E-state index contributed by atoms with van der Waals surface area (Å²) in [5.41, 5.74) is 8.28. The number of hydrogen-bond donors (Lipinski definition) is 0. The van der Waals surface area contributed by atoms with E-state index in [1.807, 2.05) is 97.1 Å². The zero-order valence-corrected chi connectivity index (χ0v) is 25.8. The Morgan fingerprint density at radius 2 is 0.936 bits per heavy atom. The second kappa shape index (κ2) is 13.8. The summed E-state index contributed by atoms with van der Waals surface area (Å²) in [6, 6.07) is 52.3. The highest BCUT2D eigenvalue weighted by atomic mass is 16.5. The van der Waals surface area contributed by atoms with Crippen molar-refractivity contribution in [3.05, 3.63) is 169 Å². The average molecular weight is 614 g/mol. The third-order valence-corrected chi connectivity index (χ3v) is 7.74. The van der Waals surface area contributed by atoms with Gasteiger partial charge in [-0.2, -0.15) is 0 Å². The number of nitrogens with zero attached hydrogens (tertiary/aromatic N) is 3. The van der Waals surface area contributed by atoms with Gasteiger partial charge >= 0.3 is 0 Å². The van der Waals surface area contributed by atoms with E-state index in [1.165, 1.54) is 11.1 Å². The molecule has 6 nitrogen and oxygen atoms in total. The van der Waals surface area contributed by atoms with Crippen molar-refractivity contribution in [2.24, 2.45) is 4.99 Å². The molecule has 6 aromatic carbocycles. The molecule has 0 N–H and O–H groups in total. The van der Waals surface area contributed by atoms with Crippen molar-refractivity contribution in [1.29, 1.82) is 0 Å². The van der Waals surface area contributed by atoms with Crippen LogP contribution >= 0.6 is 0 Å². The van der Waals surface area contributed by atoms with Crippen LogP contribution in [0.25, 0.3) is 45.2 Å². The predicted molar refractivity (Wildman–Crippen MR) is 186 cm³/mol. The number of aromatic nitrogens is 2. The number of rotatable bonds is 9. The number of benzene rings is 6. The van der Waals surface area contributed by atoms with Gasteiger partial charge in [0, 0.05) is 23.7 Å². The first-order valence-corrected chi connectivity index (χ1v) is 15.3. The molecule has 0 atom stereocenters. The highest BCUT2D eigenvalue weighted by Gasteiger charge is 2.12. The van der Waals surface area contributed by atoms with Crippen LogP contribution in [0.3, 0.4) is 0 Å². The van der Waals surface area contributed by atoms with Gasteiger partial charge in [0.05, 0.1) is 0 Å². The Bertz CT molecular complexity index is 2070. The molecule has 0 amide bonds. The van der Waals surface area contributed by atoms with Crippen LogP contribution in [0.2, 0.25) is 0 Å². The van der Waals surface area contributed by atoms with Crippen molar-refractivity contribution in [3.8, 4) is 56.7 Å². The van der Waals surface area contributed by atoms with Crippen LogP contribution in [-0.4, -0.2) is 23.1 Å². The first-order valence-electron chi connectivity index (χ1n) is 15.3. The van der Waals surface area contributed by atoms with E-state index >= 15 is 0 Å². The number of ether oxygens (including phenoxy) is 2. The van der Waals surface area contributed by atoms with Gasteiger partial charge in [0.1, 0.15) is 18.1 Å². The van der Waals surface area contributed by atoms with Crippen LogP contribution < -0.4 is 4.74 Å². The van der Waals surface area contributed by atoms with Crippen molar-refractivity contribution in [3.63, 3.8) is 0 Å². The van der Waals surface area contributed by atoms with E-state index < -0.39 is 0 Å². The molecule has 0 spiro atoms. The molecule has 7 rings (SSSR count). The maximum absolute atomic E-state index is 6.09. The zero-order chi connectivity index (χ0) is 31.8. The Morgan fingerprint density at radius 1 is 0.511 bits per heavy atom. The summed E-state index contributed by atoms with van der Waals surface area (Å²) in [5.74, 6) is 2.88. The molecule has 47 heavy (non-hydrogen) atoms. The maximum Gasteiger partial charge on any atom is 0.248 e. The van der Waals surface area contributed by atoms with Gasteiger partial charge < -0.3 is 13.9 Å². The largest absolute Gasteiger partial charge is 0.473 e. The van der Waals surface area contributed by atoms with Gasteiger partial charge in [-0.1, -0.05) is 97.1 Å². The fraction of sp³-hybridized carbons (Fsp3) is 0.0488. The molecular weight excluding hydrogens is 582 g/mol. The smallest absolute Gasteiger partial charge is 0.248 e. The summed E-state index contributed by atoms with van der Waals surface area (Å²) < 4.78 is 18.1. The monoisotopic (exact) mass is 613 g/mol. The van der Waals surface area contributed by atoms with Crippen LogP contribution in [0, 0.1) is 0 Å². The van der Waals surface area contributed by atoms with E-state index in [0.29, 0.717) is 35.8 Å². The summed E-state index contributed by atoms with van der Waals surface area (Å²) in [5, 5.41) is 8.52. The highest BCUT2D eigenvalue weighted by molar-refractivity contribution is 5.94. The number of hydrogen-bond acceptors (Lipinski definition) is 6. The van der Waals surface area contributed by atoms with E-state index in [0.717, 1.165) is 33.4 Å². The van der Waals surface area contributed by atoms with E-state index in [2.05, 4.69) is 75.9 Å². The second-order valence-corrected chi connectivity index (χ2v) is 10.9. The summed E-state index contributed by atoms with van der Waals surface area (Å²) in [6.45, 7) is 0.425. The lowest BCUT2D eigenvalue weighted by Crippen LogP contribution is -2.07. The van der Waals surface area contributed by atoms with Crippen molar-refractivity contribution in [2.45, 2.75) is 6.61 Å². The Balaban J connectivity index is 0.945. The van der Waals surface area contributed by atoms with Gasteiger partial charge in [-0.3, -0.25) is 4.99 Å². The minimum absolute atomic E-state index is 0.425. The molecule has 0 saturated heterocycles. The van der Waals surface area contributed by atoms with Crippen LogP contribution in [0.15, 0.2) is 167 Å². The molecule has 7 aromatic rings. The van der Waals surface area contributed by atoms with Gasteiger partial charge in [0.25, 0.3) is 0 Å². The Labute approximate surface area is 273 Å². The molecule has 0 saturated carbocycles. The number of aliphatic imine (C=N–C) groups is 1. The molecule has 228 valence electrons. The van der Waals surface area contributed by atoms with Crippen LogP contribution in [-0.2, 0) is 11.3 Å². The molecule has 0 aliphatic rings. The van der Waals surface area contributed by atoms with Crippen LogP contribution in [0.4, 0.5) is 0 Å². The molecule has 0 aliphatic carbocycles. The molecule has 0 bridgehead atoms. The predicted octanol–water partition coefficient (Wildman–Crippen LogP) is 10.1. The quantitative estimate of drug-likeness (QED) is 0.120. The summed E-state index contributed by atoms with van der Waals surface area (Å²) in [4.78, 5) is 4.36. The molecule has 0 aliphatic heterocycles. The molecular formula is C41H31N3O3. The molecule has 0 fully saturated rings. The lowest BCUT2D eigenvalue weighted by Gasteiger charge is -2.11. The molecule has 0 unspecified atom stereocenters. The molecule has 6 heteroatoms. The Kier molecular flexibility index (Phi) is 8.64. The highest BCUT2D eigenvalue weighted by Crippen LogP contribution is 2.29. The summed E-state index contributed by atoms with van der Waals surface area (Å²) in [6.07, 6.45) is 0.